The molecule has 1 aliphatic heterocycles. The minimum Gasteiger partial charge on any atom is -0.385 e. The molecule has 2 aromatic carbocycles. The highest BCUT2D eigenvalue weighted by molar-refractivity contribution is 5.91. The van der Waals surface area contributed by atoms with Crippen molar-refractivity contribution in [3.8, 4) is 0 Å². The smallest absolute Gasteiger partial charge is 0.227 e. The van der Waals surface area contributed by atoms with E-state index in [2.05, 4.69) is 22.3 Å². The van der Waals surface area contributed by atoms with Crippen molar-refractivity contribution >= 4 is 17.3 Å². The van der Waals surface area contributed by atoms with Crippen LogP contribution < -0.4 is 10.2 Å². The Morgan fingerprint density at radius 2 is 1.68 bits per heavy atom. The van der Waals surface area contributed by atoms with Crippen molar-refractivity contribution in [3.63, 3.8) is 0 Å². The fraction of sp³-hybridized carbons (Fsp3) is 0.381. The summed E-state index contributed by atoms with van der Waals surface area (Å²) in [5.41, 5.74) is 1.52. The van der Waals surface area contributed by atoms with Crippen LogP contribution >= 0.6 is 0 Å². The molecule has 4 nitrogen and oxygen atoms in total. The molecule has 0 spiro atoms. The summed E-state index contributed by atoms with van der Waals surface area (Å²) in [5, 5.41) is 13.5. The Labute approximate surface area is 149 Å². The van der Waals surface area contributed by atoms with Crippen molar-refractivity contribution in [2.75, 3.05) is 23.3 Å². The van der Waals surface area contributed by atoms with Gasteiger partial charge in [-0.1, -0.05) is 30.3 Å². The lowest BCUT2D eigenvalue weighted by Crippen LogP contribution is -2.29. The van der Waals surface area contributed by atoms with Crippen LogP contribution in [0.4, 0.5) is 11.4 Å². The van der Waals surface area contributed by atoms with Gasteiger partial charge in [-0.3, -0.25) is 4.79 Å². The summed E-state index contributed by atoms with van der Waals surface area (Å²) in [6, 6.07) is 17.2. The van der Waals surface area contributed by atoms with Gasteiger partial charge in [0.15, 0.2) is 0 Å². The maximum atomic E-state index is 12.3. The molecule has 0 aliphatic carbocycles. The molecule has 2 N–H and O–H groups in total. The van der Waals surface area contributed by atoms with Gasteiger partial charge in [0.05, 0.1) is 12.0 Å². The van der Waals surface area contributed by atoms with E-state index in [1.165, 1.54) is 24.9 Å². The van der Waals surface area contributed by atoms with Crippen molar-refractivity contribution < 1.29 is 9.90 Å². The normalized spacial score (nSPS) is 17.0. The average Bonchev–Trinajstić information content (AvgIpc) is 2.63. The Balaban J connectivity index is 1.59. The van der Waals surface area contributed by atoms with Gasteiger partial charge < -0.3 is 15.3 Å². The first-order valence-corrected chi connectivity index (χ1v) is 8.97. The number of amides is 1. The fourth-order valence-corrected chi connectivity index (χ4v) is 3.32. The number of nitrogens with zero attached hydrogens (tertiary/aromatic N) is 1. The second-order valence-electron chi connectivity index (χ2n) is 6.96. The van der Waals surface area contributed by atoms with Crippen LogP contribution in [0.15, 0.2) is 54.6 Å². The summed E-state index contributed by atoms with van der Waals surface area (Å²) in [5.74, 6) is -0.195. The summed E-state index contributed by atoms with van der Waals surface area (Å²) in [6.45, 7) is 3.87. The van der Waals surface area contributed by atoms with Gasteiger partial charge in [-0.2, -0.15) is 0 Å². The number of hydrogen-bond acceptors (Lipinski definition) is 3. The van der Waals surface area contributed by atoms with Crippen LogP contribution in [0, 0.1) is 0 Å². The molecule has 25 heavy (non-hydrogen) atoms. The van der Waals surface area contributed by atoms with Gasteiger partial charge in [0, 0.05) is 24.5 Å². The van der Waals surface area contributed by atoms with Gasteiger partial charge in [-0.25, -0.2) is 0 Å². The molecule has 0 bridgehead atoms. The van der Waals surface area contributed by atoms with E-state index in [1.807, 2.05) is 42.5 Å². The van der Waals surface area contributed by atoms with Crippen molar-refractivity contribution in [1.82, 2.24) is 0 Å². The topological polar surface area (TPSA) is 52.6 Å². The maximum absolute atomic E-state index is 12.3. The van der Waals surface area contributed by atoms with Crippen molar-refractivity contribution in [2.24, 2.45) is 0 Å². The number of benzene rings is 2. The molecule has 1 unspecified atom stereocenters. The lowest BCUT2D eigenvalue weighted by molar-refractivity contribution is -0.120. The first-order valence-electron chi connectivity index (χ1n) is 8.97. The largest absolute Gasteiger partial charge is 0.385 e. The molecule has 1 amide bonds. The van der Waals surface area contributed by atoms with Crippen molar-refractivity contribution in [1.29, 1.82) is 0 Å². The maximum Gasteiger partial charge on any atom is 0.227 e. The van der Waals surface area contributed by atoms with Crippen LogP contribution in [-0.2, 0) is 10.4 Å². The number of rotatable bonds is 5. The minimum absolute atomic E-state index is 0.0187. The zero-order valence-corrected chi connectivity index (χ0v) is 14.7. The summed E-state index contributed by atoms with van der Waals surface area (Å²) < 4.78 is 0. The Morgan fingerprint density at radius 3 is 2.32 bits per heavy atom. The molecule has 4 heteroatoms. The van der Waals surface area contributed by atoms with Crippen LogP contribution in [0.1, 0.15) is 38.2 Å². The predicted molar refractivity (Wildman–Crippen MR) is 102 cm³/mol. The molecule has 132 valence electrons. The lowest BCUT2D eigenvalue weighted by atomic mass is 9.92. The zero-order chi connectivity index (χ0) is 17.7. The summed E-state index contributed by atoms with van der Waals surface area (Å²) in [4.78, 5) is 14.7. The van der Waals surface area contributed by atoms with Gasteiger partial charge in [0.25, 0.3) is 0 Å². The number of anilines is 2. The van der Waals surface area contributed by atoms with E-state index in [1.54, 1.807) is 6.92 Å². The first kappa shape index (κ1) is 17.5. The lowest BCUT2D eigenvalue weighted by Gasteiger charge is -2.29. The van der Waals surface area contributed by atoms with Crippen LogP contribution in [0.5, 0.6) is 0 Å². The molecule has 1 saturated heterocycles. The highest BCUT2D eigenvalue weighted by atomic mass is 16.3. The molecule has 3 rings (SSSR count). The second kappa shape index (κ2) is 7.70. The number of hydrogen-bond donors (Lipinski definition) is 2. The van der Waals surface area contributed by atoms with Gasteiger partial charge in [0.2, 0.25) is 5.91 Å². The van der Waals surface area contributed by atoms with E-state index in [0.29, 0.717) is 0 Å². The van der Waals surface area contributed by atoms with Crippen LogP contribution in [0.25, 0.3) is 0 Å². The number of nitrogens with one attached hydrogen (secondary N) is 1. The van der Waals surface area contributed by atoms with Gasteiger partial charge in [-0.05, 0) is 56.0 Å². The third-order valence-corrected chi connectivity index (χ3v) is 4.77. The van der Waals surface area contributed by atoms with E-state index in [9.17, 15) is 9.90 Å². The number of carbonyl (C=O) groups is 1. The number of piperidine rings is 1. The van der Waals surface area contributed by atoms with Crippen LogP contribution in [-0.4, -0.2) is 24.1 Å². The quantitative estimate of drug-likeness (QED) is 0.869. The Morgan fingerprint density at radius 1 is 1.04 bits per heavy atom. The first-order chi connectivity index (χ1) is 12.0. The molecule has 1 heterocycles. The van der Waals surface area contributed by atoms with E-state index in [4.69, 9.17) is 0 Å². The predicted octanol–water partition coefficient (Wildman–Crippen LogP) is 3.91. The van der Waals surface area contributed by atoms with E-state index in [0.717, 1.165) is 24.3 Å². The van der Waals surface area contributed by atoms with Crippen molar-refractivity contribution in [2.45, 2.75) is 38.2 Å². The standard InChI is InChI=1S/C21H26N2O2/c1-21(25,17-8-4-2-5-9-17)16-20(24)22-18-10-12-19(13-11-18)23-14-6-3-7-15-23/h2,4-5,8-13,25H,3,6-7,14-16H2,1H3,(H,22,24). The Kier molecular flexibility index (Phi) is 5.39. The number of aliphatic hydroxyl groups is 1. The van der Waals surface area contributed by atoms with Crippen molar-refractivity contribution in [3.05, 3.63) is 60.2 Å². The van der Waals surface area contributed by atoms with E-state index < -0.39 is 5.60 Å². The summed E-state index contributed by atoms with van der Waals surface area (Å²) in [7, 11) is 0. The van der Waals surface area contributed by atoms with E-state index >= 15 is 0 Å². The highest BCUT2D eigenvalue weighted by Gasteiger charge is 2.26. The third-order valence-electron chi connectivity index (χ3n) is 4.77. The van der Waals surface area contributed by atoms with Gasteiger partial charge in [0.1, 0.15) is 0 Å². The molecule has 0 saturated carbocycles. The molecule has 2 aromatic rings. The molecule has 0 radical (unpaired) electrons. The average molecular weight is 338 g/mol. The van der Waals surface area contributed by atoms with Crippen LogP contribution in [0.3, 0.4) is 0 Å². The monoisotopic (exact) mass is 338 g/mol. The molecular formula is C21H26N2O2. The molecule has 1 atom stereocenters. The third kappa shape index (κ3) is 4.60. The Hall–Kier alpha value is -2.33. The summed E-state index contributed by atoms with van der Waals surface area (Å²) in [6.07, 6.45) is 3.82. The second-order valence-corrected chi connectivity index (χ2v) is 6.96. The Bertz CT molecular complexity index is 690. The molecule has 1 aliphatic rings. The van der Waals surface area contributed by atoms with Gasteiger partial charge >= 0.3 is 0 Å². The zero-order valence-electron chi connectivity index (χ0n) is 14.7. The summed E-state index contributed by atoms with van der Waals surface area (Å²) >= 11 is 0. The molecule has 0 aromatic heterocycles. The van der Waals surface area contributed by atoms with Crippen LogP contribution in [0.2, 0.25) is 0 Å². The molecule has 1 fully saturated rings. The minimum atomic E-state index is -1.18. The fourth-order valence-electron chi connectivity index (χ4n) is 3.32. The molecular weight excluding hydrogens is 312 g/mol. The van der Waals surface area contributed by atoms with Gasteiger partial charge in [-0.15, -0.1) is 0 Å². The SMILES string of the molecule is CC(O)(CC(=O)Nc1ccc(N2CCCCC2)cc1)c1ccccc1. The van der Waals surface area contributed by atoms with E-state index in [-0.39, 0.29) is 12.3 Å². The number of carbonyl (C=O) groups excluding carboxylic acids is 1. The highest BCUT2D eigenvalue weighted by Crippen LogP contribution is 2.26.